The van der Waals surface area contributed by atoms with Crippen molar-refractivity contribution < 1.29 is 13.2 Å². The molecule has 6 heteroatoms. The number of hydrogen-bond donors (Lipinski definition) is 1. The summed E-state index contributed by atoms with van der Waals surface area (Å²) < 4.78 is 32.3. The molecule has 1 aliphatic heterocycles. The molecule has 0 aromatic heterocycles. The van der Waals surface area contributed by atoms with E-state index in [1.165, 1.54) is 4.31 Å². The number of morpholine rings is 1. The average molecular weight is 306 g/mol. The van der Waals surface area contributed by atoms with Gasteiger partial charge in [-0.15, -0.1) is 0 Å². The molecule has 0 aliphatic carbocycles. The van der Waals surface area contributed by atoms with Gasteiger partial charge in [0.2, 0.25) is 10.0 Å². The van der Waals surface area contributed by atoms with Crippen molar-refractivity contribution in [3.05, 3.63) is 42.5 Å². The van der Waals surface area contributed by atoms with E-state index in [1.807, 2.05) is 30.3 Å². The normalized spacial score (nSPS) is 20.7. The Balaban J connectivity index is 1.95. The van der Waals surface area contributed by atoms with Gasteiger partial charge in [0.1, 0.15) is 0 Å². The molecule has 0 amide bonds. The molecule has 0 spiro atoms. The molecule has 1 fully saturated rings. The van der Waals surface area contributed by atoms with Crippen LogP contribution in [0, 0.1) is 0 Å². The molecular weight excluding hydrogens is 288 g/mol. The zero-order chi connectivity index (χ0) is 14.9. The molecular formula is C15H18N2O3S. The second-order valence-corrected chi connectivity index (χ2v) is 7.04. The van der Waals surface area contributed by atoms with Crippen molar-refractivity contribution in [3.8, 4) is 0 Å². The highest BCUT2D eigenvalue weighted by Gasteiger charge is 2.30. The first-order chi connectivity index (χ1) is 10.1. The molecule has 1 heterocycles. The average Bonchev–Trinajstić information content (AvgIpc) is 2.54. The van der Waals surface area contributed by atoms with Crippen molar-refractivity contribution in [2.45, 2.75) is 11.0 Å². The largest absolute Gasteiger partial charge is 0.374 e. The molecule has 3 rings (SSSR count). The topological polar surface area (TPSA) is 72.6 Å². The Kier molecular flexibility index (Phi) is 3.95. The minimum atomic E-state index is -3.50. The van der Waals surface area contributed by atoms with E-state index < -0.39 is 10.0 Å². The molecule has 0 bridgehead atoms. The van der Waals surface area contributed by atoms with Crippen LogP contribution in [0.15, 0.2) is 47.4 Å². The number of nitrogens with zero attached hydrogens (tertiary/aromatic N) is 1. The number of fused-ring (bicyclic) bond motifs is 1. The van der Waals surface area contributed by atoms with Gasteiger partial charge in [0, 0.05) is 19.6 Å². The number of nitrogens with two attached hydrogens (primary N) is 1. The smallest absolute Gasteiger partial charge is 0.243 e. The molecule has 2 aromatic carbocycles. The van der Waals surface area contributed by atoms with Crippen LogP contribution in [0.4, 0.5) is 0 Å². The molecule has 2 aromatic rings. The maximum absolute atomic E-state index is 12.7. The first-order valence-electron chi connectivity index (χ1n) is 6.92. The van der Waals surface area contributed by atoms with Crippen molar-refractivity contribution >= 4 is 20.8 Å². The summed E-state index contributed by atoms with van der Waals surface area (Å²) in [5.41, 5.74) is 5.58. The molecule has 1 saturated heterocycles. The van der Waals surface area contributed by atoms with E-state index >= 15 is 0 Å². The Bertz CT molecular complexity index is 745. The molecule has 1 atom stereocenters. The summed E-state index contributed by atoms with van der Waals surface area (Å²) in [6.07, 6.45) is -0.228. The van der Waals surface area contributed by atoms with Gasteiger partial charge in [-0.2, -0.15) is 4.31 Å². The summed E-state index contributed by atoms with van der Waals surface area (Å²) in [5.74, 6) is 0. The van der Waals surface area contributed by atoms with E-state index in [0.29, 0.717) is 31.1 Å². The minimum Gasteiger partial charge on any atom is -0.374 e. The van der Waals surface area contributed by atoms with Crippen molar-refractivity contribution in [2.75, 3.05) is 26.2 Å². The van der Waals surface area contributed by atoms with Crippen molar-refractivity contribution in [1.82, 2.24) is 4.31 Å². The van der Waals surface area contributed by atoms with Crippen LogP contribution in [0.2, 0.25) is 0 Å². The number of benzene rings is 2. The maximum atomic E-state index is 12.7. The van der Waals surface area contributed by atoms with E-state index in [0.717, 1.165) is 10.8 Å². The number of ether oxygens (including phenoxy) is 1. The van der Waals surface area contributed by atoms with Gasteiger partial charge in [0.25, 0.3) is 0 Å². The van der Waals surface area contributed by atoms with Crippen LogP contribution in [-0.2, 0) is 14.8 Å². The third-order valence-electron chi connectivity index (χ3n) is 3.72. The summed E-state index contributed by atoms with van der Waals surface area (Å²) in [6.45, 7) is 1.38. The second-order valence-electron chi connectivity index (χ2n) is 5.10. The lowest BCUT2D eigenvalue weighted by Gasteiger charge is -2.31. The lowest BCUT2D eigenvalue weighted by molar-refractivity contribution is 0.00451. The minimum absolute atomic E-state index is 0.228. The Labute approximate surface area is 124 Å². The first-order valence-corrected chi connectivity index (χ1v) is 8.36. The van der Waals surface area contributed by atoms with Crippen LogP contribution in [-0.4, -0.2) is 45.1 Å². The molecule has 0 saturated carbocycles. The Morgan fingerprint density at radius 3 is 2.71 bits per heavy atom. The van der Waals surface area contributed by atoms with Crippen LogP contribution >= 0.6 is 0 Å². The Morgan fingerprint density at radius 1 is 1.19 bits per heavy atom. The Morgan fingerprint density at radius 2 is 1.95 bits per heavy atom. The van der Waals surface area contributed by atoms with Crippen LogP contribution in [0.1, 0.15) is 0 Å². The summed E-state index contributed by atoms with van der Waals surface area (Å²) in [5, 5.41) is 1.94. The van der Waals surface area contributed by atoms with Gasteiger partial charge in [-0.05, 0) is 22.9 Å². The monoisotopic (exact) mass is 306 g/mol. The summed E-state index contributed by atoms with van der Waals surface area (Å²) in [7, 11) is -3.50. The third-order valence-corrected chi connectivity index (χ3v) is 5.58. The van der Waals surface area contributed by atoms with Crippen LogP contribution in [0.25, 0.3) is 10.8 Å². The van der Waals surface area contributed by atoms with Crippen LogP contribution in [0.5, 0.6) is 0 Å². The lowest BCUT2D eigenvalue weighted by atomic mass is 10.1. The van der Waals surface area contributed by atoms with E-state index in [4.69, 9.17) is 10.5 Å². The predicted molar refractivity (Wildman–Crippen MR) is 81.5 cm³/mol. The first kappa shape index (κ1) is 14.5. The standard InChI is InChI=1S/C15H18N2O3S/c16-10-14-11-17(7-8-20-14)21(18,19)15-6-5-12-3-1-2-4-13(12)9-15/h1-6,9,14H,7-8,10-11,16H2. The molecule has 0 radical (unpaired) electrons. The number of sulfonamides is 1. The summed E-state index contributed by atoms with van der Waals surface area (Å²) in [6, 6.07) is 12.9. The van der Waals surface area contributed by atoms with E-state index in [9.17, 15) is 8.42 Å². The highest BCUT2D eigenvalue weighted by molar-refractivity contribution is 7.89. The summed E-state index contributed by atoms with van der Waals surface area (Å²) >= 11 is 0. The summed E-state index contributed by atoms with van der Waals surface area (Å²) in [4.78, 5) is 0.318. The van der Waals surface area contributed by atoms with Gasteiger partial charge < -0.3 is 10.5 Å². The quantitative estimate of drug-likeness (QED) is 0.924. The van der Waals surface area contributed by atoms with Crippen LogP contribution < -0.4 is 5.73 Å². The Hall–Kier alpha value is -1.47. The highest BCUT2D eigenvalue weighted by Crippen LogP contribution is 2.23. The molecule has 2 N–H and O–H groups in total. The number of rotatable bonds is 3. The molecule has 1 unspecified atom stereocenters. The second kappa shape index (κ2) is 5.73. The molecule has 5 nitrogen and oxygen atoms in total. The van der Waals surface area contributed by atoms with Crippen molar-refractivity contribution in [2.24, 2.45) is 5.73 Å². The molecule has 112 valence electrons. The van der Waals surface area contributed by atoms with E-state index in [1.54, 1.807) is 12.1 Å². The van der Waals surface area contributed by atoms with E-state index in [-0.39, 0.29) is 6.10 Å². The SMILES string of the molecule is NCC1CN(S(=O)(=O)c2ccc3ccccc3c2)CCO1. The maximum Gasteiger partial charge on any atom is 0.243 e. The fourth-order valence-electron chi connectivity index (χ4n) is 2.53. The van der Waals surface area contributed by atoms with Gasteiger partial charge >= 0.3 is 0 Å². The molecule has 1 aliphatic rings. The fraction of sp³-hybridized carbons (Fsp3) is 0.333. The van der Waals surface area contributed by atoms with Crippen molar-refractivity contribution in [3.63, 3.8) is 0 Å². The number of hydrogen-bond acceptors (Lipinski definition) is 4. The van der Waals surface area contributed by atoms with Gasteiger partial charge in [-0.3, -0.25) is 0 Å². The van der Waals surface area contributed by atoms with Gasteiger partial charge in [-0.1, -0.05) is 30.3 Å². The third kappa shape index (κ3) is 2.80. The van der Waals surface area contributed by atoms with Crippen molar-refractivity contribution in [1.29, 1.82) is 0 Å². The predicted octanol–water partition coefficient (Wildman–Crippen LogP) is 1.19. The fourth-order valence-corrected chi connectivity index (χ4v) is 4.02. The van der Waals surface area contributed by atoms with Crippen LogP contribution in [0.3, 0.4) is 0 Å². The van der Waals surface area contributed by atoms with Gasteiger partial charge in [-0.25, -0.2) is 8.42 Å². The lowest BCUT2D eigenvalue weighted by Crippen LogP contribution is -2.48. The van der Waals surface area contributed by atoms with E-state index in [2.05, 4.69) is 0 Å². The highest BCUT2D eigenvalue weighted by atomic mass is 32.2. The van der Waals surface area contributed by atoms with Gasteiger partial charge in [0.15, 0.2) is 0 Å². The molecule has 21 heavy (non-hydrogen) atoms. The zero-order valence-electron chi connectivity index (χ0n) is 11.6. The van der Waals surface area contributed by atoms with Gasteiger partial charge in [0.05, 0.1) is 17.6 Å². The zero-order valence-corrected chi connectivity index (χ0v) is 12.4.